The molecule has 1 N–H and O–H groups in total. The number of aliphatic hydroxyl groups excluding tert-OH is 1. The Morgan fingerprint density at radius 1 is 1.33 bits per heavy atom. The highest BCUT2D eigenvalue weighted by atomic mass is 32.1. The van der Waals surface area contributed by atoms with E-state index in [1.54, 1.807) is 11.3 Å². The van der Waals surface area contributed by atoms with Gasteiger partial charge in [-0.25, -0.2) is 0 Å². The maximum absolute atomic E-state index is 10.4. The Morgan fingerprint density at radius 2 is 2.28 bits per heavy atom. The van der Waals surface area contributed by atoms with Gasteiger partial charge in [-0.3, -0.25) is 0 Å². The Morgan fingerprint density at radius 3 is 3.11 bits per heavy atom. The zero-order valence-electron chi connectivity index (χ0n) is 10.1. The lowest BCUT2D eigenvalue weighted by Crippen LogP contribution is -2.13. The fourth-order valence-electron chi connectivity index (χ4n) is 2.42. The molecule has 94 valence electrons. The topological polar surface area (TPSA) is 29.5 Å². The van der Waals surface area contributed by atoms with E-state index in [4.69, 9.17) is 4.74 Å². The summed E-state index contributed by atoms with van der Waals surface area (Å²) in [6.45, 7) is 0.759. The van der Waals surface area contributed by atoms with E-state index in [2.05, 4.69) is 17.5 Å². The zero-order valence-corrected chi connectivity index (χ0v) is 11.0. The largest absolute Gasteiger partial charge is 0.493 e. The van der Waals surface area contributed by atoms with Crippen molar-refractivity contribution in [3.8, 4) is 5.75 Å². The number of benzene rings is 1. The van der Waals surface area contributed by atoms with Gasteiger partial charge in [0.2, 0.25) is 0 Å². The van der Waals surface area contributed by atoms with Crippen LogP contribution in [0.5, 0.6) is 5.75 Å². The molecule has 1 aliphatic heterocycles. The van der Waals surface area contributed by atoms with E-state index in [1.807, 2.05) is 17.5 Å². The van der Waals surface area contributed by atoms with E-state index in [9.17, 15) is 5.11 Å². The van der Waals surface area contributed by atoms with E-state index < -0.39 is 6.10 Å². The SMILES string of the molecule is OC(Cc1ccsc1)c1cccc2c1OCCC2. The van der Waals surface area contributed by atoms with E-state index in [0.29, 0.717) is 6.42 Å². The molecule has 3 rings (SSSR count). The van der Waals surface area contributed by atoms with E-state index in [0.717, 1.165) is 30.8 Å². The summed E-state index contributed by atoms with van der Waals surface area (Å²) >= 11 is 1.66. The summed E-state index contributed by atoms with van der Waals surface area (Å²) in [6.07, 6.45) is 2.29. The van der Waals surface area contributed by atoms with Crippen LogP contribution in [0, 0.1) is 0 Å². The Balaban J connectivity index is 1.87. The fourth-order valence-corrected chi connectivity index (χ4v) is 3.10. The first-order valence-electron chi connectivity index (χ1n) is 6.28. The quantitative estimate of drug-likeness (QED) is 0.917. The van der Waals surface area contributed by atoms with Crippen molar-refractivity contribution in [1.29, 1.82) is 0 Å². The smallest absolute Gasteiger partial charge is 0.128 e. The Kier molecular flexibility index (Phi) is 3.35. The minimum Gasteiger partial charge on any atom is -0.493 e. The van der Waals surface area contributed by atoms with Crippen molar-refractivity contribution in [3.05, 3.63) is 51.7 Å². The molecule has 0 fully saturated rings. The van der Waals surface area contributed by atoms with Crippen molar-refractivity contribution in [2.75, 3.05) is 6.61 Å². The summed E-state index contributed by atoms with van der Waals surface area (Å²) in [7, 11) is 0. The molecule has 2 heterocycles. The molecular weight excluding hydrogens is 244 g/mol. The van der Waals surface area contributed by atoms with Crippen molar-refractivity contribution in [1.82, 2.24) is 0 Å². The highest BCUT2D eigenvalue weighted by molar-refractivity contribution is 7.07. The maximum atomic E-state index is 10.4. The number of para-hydroxylation sites is 1. The average Bonchev–Trinajstić information content (AvgIpc) is 2.91. The molecule has 18 heavy (non-hydrogen) atoms. The van der Waals surface area contributed by atoms with Gasteiger partial charge in [-0.1, -0.05) is 18.2 Å². The number of aliphatic hydroxyl groups is 1. The highest BCUT2D eigenvalue weighted by Gasteiger charge is 2.19. The van der Waals surface area contributed by atoms with Crippen molar-refractivity contribution >= 4 is 11.3 Å². The van der Waals surface area contributed by atoms with Crippen LogP contribution in [0.1, 0.15) is 29.2 Å². The van der Waals surface area contributed by atoms with Crippen LogP contribution in [0.2, 0.25) is 0 Å². The van der Waals surface area contributed by atoms with Gasteiger partial charge < -0.3 is 9.84 Å². The van der Waals surface area contributed by atoms with Gasteiger partial charge in [0, 0.05) is 12.0 Å². The summed E-state index contributed by atoms with van der Waals surface area (Å²) < 4.78 is 5.74. The molecule has 0 radical (unpaired) electrons. The fraction of sp³-hybridized carbons (Fsp3) is 0.333. The van der Waals surface area contributed by atoms with Gasteiger partial charge in [0.05, 0.1) is 12.7 Å². The average molecular weight is 260 g/mol. The third kappa shape index (κ3) is 2.28. The molecule has 0 saturated carbocycles. The van der Waals surface area contributed by atoms with Gasteiger partial charge in [0.1, 0.15) is 5.75 Å². The molecule has 2 nitrogen and oxygen atoms in total. The number of hydrogen-bond acceptors (Lipinski definition) is 3. The normalized spacial score (nSPS) is 15.8. The summed E-state index contributed by atoms with van der Waals surface area (Å²) in [5.41, 5.74) is 3.34. The number of aryl methyl sites for hydroxylation is 1. The molecule has 1 unspecified atom stereocenters. The lowest BCUT2D eigenvalue weighted by molar-refractivity contribution is 0.169. The van der Waals surface area contributed by atoms with Gasteiger partial charge in [0.25, 0.3) is 0 Å². The standard InChI is InChI=1S/C15H16O2S/c16-14(9-11-6-8-18-10-11)13-5-1-3-12-4-2-7-17-15(12)13/h1,3,5-6,8,10,14,16H,2,4,7,9H2. The third-order valence-electron chi connectivity index (χ3n) is 3.33. The van der Waals surface area contributed by atoms with Crippen molar-refractivity contribution < 1.29 is 9.84 Å². The summed E-state index contributed by atoms with van der Waals surface area (Å²) in [5, 5.41) is 14.5. The van der Waals surface area contributed by atoms with Crippen LogP contribution < -0.4 is 4.74 Å². The molecule has 1 aromatic carbocycles. The number of hydrogen-bond donors (Lipinski definition) is 1. The molecular formula is C15H16O2S. The van der Waals surface area contributed by atoms with Gasteiger partial charge >= 0.3 is 0 Å². The molecule has 0 saturated heterocycles. The first kappa shape index (κ1) is 11.8. The molecule has 2 aromatic rings. The summed E-state index contributed by atoms with van der Waals surface area (Å²) in [5.74, 6) is 0.909. The number of fused-ring (bicyclic) bond motifs is 1. The van der Waals surface area contributed by atoms with E-state index >= 15 is 0 Å². The van der Waals surface area contributed by atoms with Crippen LogP contribution >= 0.6 is 11.3 Å². The summed E-state index contributed by atoms with van der Waals surface area (Å²) in [4.78, 5) is 0. The Bertz CT molecular complexity index is 519. The second-order valence-corrected chi connectivity index (χ2v) is 5.42. The van der Waals surface area contributed by atoms with Crippen molar-refractivity contribution in [2.45, 2.75) is 25.4 Å². The van der Waals surface area contributed by atoms with Crippen molar-refractivity contribution in [2.24, 2.45) is 0 Å². The van der Waals surface area contributed by atoms with Crippen molar-refractivity contribution in [3.63, 3.8) is 0 Å². The highest BCUT2D eigenvalue weighted by Crippen LogP contribution is 2.34. The summed E-state index contributed by atoms with van der Waals surface area (Å²) in [6, 6.07) is 8.14. The lowest BCUT2D eigenvalue weighted by Gasteiger charge is -2.22. The van der Waals surface area contributed by atoms with Crippen LogP contribution in [0.15, 0.2) is 35.0 Å². The third-order valence-corrected chi connectivity index (χ3v) is 4.06. The Hall–Kier alpha value is -1.32. The van der Waals surface area contributed by atoms with Crippen LogP contribution in [0.4, 0.5) is 0 Å². The molecule has 0 aliphatic carbocycles. The first-order valence-corrected chi connectivity index (χ1v) is 7.22. The van der Waals surface area contributed by atoms with Crippen LogP contribution in [0.25, 0.3) is 0 Å². The van der Waals surface area contributed by atoms with Crippen LogP contribution in [-0.2, 0) is 12.8 Å². The molecule has 1 aromatic heterocycles. The molecule has 1 atom stereocenters. The van der Waals surface area contributed by atoms with Gasteiger partial charge in [-0.15, -0.1) is 0 Å². The molecule has 0 bridgehead atoms. The molecule has 1 aliphatic rings. The number of thiophene rings is 1. The van der Waals surface area contributed by atoms with Gasteiger partial charge in [-0.05, 0) is 40.8 Å². The number of rotatable bonds is 3. The predicted molar refractivity (Wildman–Crippen MR) is 73.2 cm³/mol. The van der Waals surface area contributed by atoms with Crippen LogP contribution in [-0.4, -0.2) is 11.7 Å². The minimum absolute atomic E-state index is 0.479. The minimum atomic E-state index is -0.479. The second-order valence-electron chi connectivity index (χ2n) is 4.64. The molecule has 0 amide bonds. The zero-order chi connectivity index (χ0) is 12.4. The molecule has 3 heteroatoms. The van der Waals surface area contributed by atoms with Gasteiger partial charge in [0.15, 0.2) is 0 Å². The van der Waals surface area contributed by atoms with Gasteiger partial charge in [-0.2, -0.15) is 11.3 Å². The lowest BCUT2D eigenvalue weighted by atomic mass is 9.96. The second kappa shape index (κ2) is 5.12. The van der Waals surface area contributed by atoms with E-state index in [-0.39, 0.29) is 0 Å². The first-order chi connectivity index (χ1) is 8.84. The molecule has 0 spiro atoms. The van der Waals surface area contributed by atoms with Crippen LogP contribution in [0.3, 0.4) is 0 Å². The maximum Gasteiger partial charge on any atom is 0.128 e. The number of ether oxygens (including phenoxy) is 1. The monoisotopic (exact) mass is 260 g/mol. The van der Waals surface area contributed by atoms with E-state index in [1.165, 1.54) is 11.1 Å². The Labute approximate surface area is 111 Å². The predicted octanol–water partition coefficient (Wildman–Crippen LogP) is 3.35.